The summed E-state index contributed by atoms with van der Waals surface area (Å²) in [4.78, 5) is 13.2. The van der Waals surface area contributed by atoms with Crippen LogP contribution in [0.3, 0.4) is 0 Å². The Balaban J connectivity index is 2.63. The molecule has 96 valence electrons. The molecule has 0 saturated heterocycles. The molecule has 0 fully saturated rings. The van der Waals surface area contributed by atoms with E-state index in [0.717, 1.165) is 11.6 Å². The first-order chi connectivity index (χ1) is 7.70. The van der Waals surface area contributed by atoms with Gasteiger partial charge in [-0.1, -0.05) is 0 Å². The Morgan fingerprint density at radius 2 is 2.00 bits per heavy atom. The number of amides is 1. The third-order valence-corrected chi connectivity index (χ3v) is 2.27. The summed E-state index contributed by atoms with van der Waals surface area (Å²) in [6, 6.07) is 0. The summed E-state index contributed by atoms with van der Waals surface area (Å²) >= 11 is 0. The molecule has 0 atom stereocenters. The first kappa shape index (κ1) is 13.5. The second kappa shape index (κ2) is 4.73. The maximum atomic E-state index is 11.7. The van der Waals surface area contributed by atoms with E-state index in [1.54, 1.807) is 7.05 Å². The molecule has 1 aromatic heterocycles. The molecule has 0 bridgehead atoms. The summed E-state index contributed by atoms with van der Waals surface area (Å²) in [5.74, 6) is 1.55. The Labute approximate surface area is 102 Å². The van der Waals surface area contributed by atoms with E-state index in [0.29, 0.717) is 6.54 Å². The molecule has 6 nitrogen and oxygen atoms in total. The van der Waals surface area contributed by atoms with E-state index in [9.17, 15) is 4.79 Å². The van der Waals surface area contributed by atoms with Gasteiger partial charge in [0.2, 0.25) is 0 Å². The number of carbonyl (C=O) groups is 1. The average Bonchev–Trinajstić information content (AvgIpc) is 2.47. The molecular formula is C11H20N4O2. The van der Waals surface area contributed by atoms with Crippen molar-refractivity contribution in [2.45, 2.75) is 39.8 Å². The van der Waals surface area contributed by atoms with Crippen LogP contribution in [-0.2, 0) is 18.3 Å². The highest BCUT2D eigenvalue weighted by molar-refractivity contribution is 5.67. The average molecular weight is 240 g/mol. The van der Waals surface area contributed by atoms with Crippen molar-refractivity contribution in [2.24, 2.45) is 7.05 Å². The monoisotopic (exact) mass is 240 g/mol. The molecule has 0 aliphatic heterocycles. The number of carbonyl (C=O) groups excluding carboxylic acids is 1. The SMILES string of the molecule is Cc1nnc(CN(C)C(=O)OC(C)(C)C)n1C. The summed E-state index contributed by atoms with van der Waals surface area (Å²) in [6.45, 7) is 7.76. The van der Waals surface area contributed by atoms with Gasteiger partial charge < -0.3 is 14.2 Å². The molecule has 0 unspecified atom stereocenters. The fraction of sp³-hybridized carbons (Fsp3) is 0.727. The summed E-state index contributed by atoms with van der Waals surface area (Å²) in [7, 11) is 3.55. The lowest BCUT2D eigenvalue weighted by atomic mass is 10.2. The third kappa shape index (κ3) is 3.72. The molecule has 17 heavy (non-hydrogen) atoms. The maximum absolute atomic E-state index is 11.7. The van der Waals surface area contributed by atoms with Crippen molar-refractivity contribution < 1.29 is 9.53 Å². The number of hydrogen-bond donors (Lipinski definition) is 0. The molecule has 0 aromatic carbocycles. The molecule has 1 heterocycles. The lowest BCUT2D eigenvalue weighted by molar-refractivity contribution is 0.0279. The number of aromatic nitrogens is 3. The molecule has 0 N–H and O–H groups in total. The van der Waals surface area contributed by atoms with Crippen molar-refractivity contribution in [3.05, 3.63) is 11.6 Å². The summed E-state index contributed by atoms with van der Waals surface area (Å²) in [5.41, 5.74) is -0.485. The second-order valence-electron chi connectivity index (χ2n) is 5.06. The number of aryl methyl sites for hydroxylation is 1. The molecule has 0 aliphatic rings. The van der Waals surface area contributed by atoms with Crippen LogP contribution in [0.2, 0.25) is 0 Å². The van der Waals surface area contributed by atoms with Gasteiger partial charge in [0.05, 0.1) is 6.54 Å². The van der Waals surface area contributed by atoms with Crippen molar-refractivity contribution in [1.29, 1.82) is 0 Å². The third-order valence-electron chi connectivity index (χ3n) is 2.27. The van der Waals surface area contributed by atoms with Crippen LogP contribution in [0.1, 0.15) is 32.4 Å². The van der Waals surface area contributed by atoms with Crippen LogP contribution in [-0.4, -0.2) is 38.4 Å². The molecule has 0 radical (unpaired) electrons. The van der Waals surface area contributed by atoms with E-state index in [4.69, 9.17) is 4.74 Å². The molecule has 6 heteroatoms. The Morgan fingerprint density at radius 3 is 2.41 bits per heavy atom. The number of rotatable bonds is 2. The zero-order valence-electron chi connectivity index (χ0n) is 11.3. The van der Waals surface area contributed by atoms with Gasteiger partial charge in [0.25, 0.3) is 0 Å². The zero-order valence-corrected chi connectivity index (χ0v) is 11.3. The van der Waals surface area contributed by atoms with Crippen LogP contribution in [0.15, 0.2) is 0 Å². The van der Waals surface area contributed by atoms with E-state index in [-0.39, 0.29) is 6.09 Å². The minimum Gasteiger partial charge on any atom is -0.444 e. The normalized spacial score (nSPS) is 11.4. The van der Waals surface area contributed by atoms with Gasteiger partial charge in [0.1, 0.15) is 11.4 Å². The predicted octanol–water partition coefficient (Wildman–Crippen LogP) is 1.49. The Bertz CT molecular complexity index is 406. The summed E-state index contributed by atoms with van der Waals surface area (Å²) in [6.07, 6.45) is -0.363. The number of nitrogens with zero attached hydrogens (tertiary/aromatic N) is 4. The van der Waals surface area contributed by atoms with Gasteiger partial charge >= 0.3 is 6.09 Å². The summed E-state index contributed by atoms with van der Waals surface area (Å²) < 4.78 is 7.10. The van der Waals surface area contributed by atoms with Crippen LogP contribution < -0.4 is 0 Å². The quantitative estimate of drug-likeness (QED) is 0.785. The Kier molecular flexibility index (Phi) is 3.75. The topological polar surface area (TPSA) is 60.3 Å². The first-order valence-electron chi connectivity index (χ1n) is 5.49. The van der Waals surface area contributed by atoms with E-state index in [2.05, 4.69) is 10.2 Å². The van der Waals surface area contributed by atoms with Gasteiger partial charge in [-0.3, -0.25) is 0 Å². The van der Waals surface area contributed by atoms with Crippen molar-refractivity contribution in [3.8, 4) is 0 Å². The molecule has 0 spiro atoms. The molecule has 1 amide bonds. The van der Waals surface area contributed by atoms with Gasteiger partial charge in [-0.2, -0.15) is 0 Å². The second-order valence-corrected chi connectivity index (χ2v) is 5.06. The van der Waals surface area contributed by atoms with E-state index >= 15 is 0 Å². The van der Waals surface area contributed by atoms with Gasteiger partial charge in [-0.25, -0.2) is 4.79 Å². The minimum atomic E-state index is -0.485. The molecule has 0 aliphatic carbocycles. The molecular weight excluding hydrogens is 220 g/mol. The first-order valence-corrected chi connectivity index (χ1v) is 5.49. The van der Waals surface area contributed by atoms with Crippen LogP contribution in [0, 0.1) is 6.92 Å². The lowest BCUT2D eigenvalue weighted by Gasteiger charge is -2.24. The largest absolute Gasteiger partial charge is 0.444 e. The van der Waals surface area contributed by atoms with Crippen molar-refractivity contribution in [3.63, 3.8) is 0 Å². The van der Waals surface area contributed by atoms with E-state index in [1.165, 1.54) is 4.90 Å². The van der Waals surface area contributed by atoms with Gasteiger partial charge in [-0.15, -0.1) is 10.2 Å². The number of ether oxygens (including phenoxy) is 1. The van der Waals surface area contributed by atoms with Crippen molar-refractivity contribution in [1.82, 2.24) is 19.7 Å². The highest BCUT2D eigenvalue weighted by Gasteiger charge is 2.20. The Morgan fingerprint density at radius 1 is 1.41 bits per heavy atom. The van der Waals surface area contributed by atoms with Crippen LogP contribution in [0.4, 0.5) is 4.79 Å². The fourth-order valence-corrected chi connectivity index (χ4v) is 1.21. The molecule has 0 saturated carbocycles. The minimum absolute atomic E-state index is 0.363. The van der Waals surface area contributed by atoms with Gasteiger partial charge in [0, 0.05) is 14.1 Å². The number of hydrogen-bond acceptors (Lipinski definition) is 4. The Hall–Kier alpha value is -1.59. The van der Waals surface area contributed by atoms with E-state index in [1.807, 2.05) is 39.3 Å². The zero-order chi connectivity index (χ0) is 13.2. The smallest absolute Gasteiger partial charge is 0.410 e. The highest BCUT2D eigenvalue weighted by Crippen LogP contribution is 2.10. The lowest BCUT2D eigenvalue weighted by Crippen LogP contribution is -2.34. The standard InChI is InChI=1S/C11H20N4O2/c1-8-12-13-9(15(8)6)7-14(5)10(16)17-11(2,3)4/h7H2,1-6H3. The molecule has 1 aromatic rings. The van der Waals surface area contributed by atoms with Crippen LogP contribution in [0.5, 0.6) is 0 Å². The highest BCUT2D eigenvalue weighted by atomic mass is 16.6. The maximum Gasteiger partial charge on any atom is 0.410 e. The van der Waals surface area contributed by atoms with Crippen molar-refractivity contribution in [2.75, 3.05) is 7.05 Å². The van der Waals surface area contributed by atoms with Crippen LogP contribution in [0.25, 0.3) is 0 Å². The molecule has 1 rings (SSSR count). The van der Waals surface area contributed by atoms with E-state index < -0.39 is 5.60 Å². The van der Waals surface area contributed by atoms with Gasteiger partial charge in [0.15, 0.2) is 5.82 Å². The predicted molar refractivity (Wildman–Crippen MR) is 63.4 cm³/mol. The van der Waals surface area contributed by atoms with Crippen LogP contribution >= 0.6 is 0 Å². The fourth-order valence-electron chi connectivity index (χ4n) is 1.21. The van der Waals surface area contributed by atoms with Crippen molar-refractivity contribution >= 4 is 6.09 Å². The summed E-state index contributed by atoms with van der Waals surface area (Å²) in [5, 5.41) is 7.93. The van der Waals surface area contributed by atoms with Gasteiger partial charge in [-0.05, 0) is 27.7 Å².